The smallest absolute Gasteiger partial charge is 0.272 e. The largest absolute Gasteiger partial charge is 0.388 e. The molecule has 1 aromatic rings. The molecular formula is C12H19N3O2S. The molecule has 6 heteroatoms. The molecule has 1 aromatic heterocycles. The molecule has 0 aromatic carbocycles. The molecule has 0 saturated heterocycles. The Morgan fingerprint density at radius 1 is 1.61 bits per heavy atom. The van der Waals surface area contributed by atoms with Gasteiger partial charge in [-0.3, -0.25) is 4.79 Å². The molecular weight excluding hydrogens is 250 g/mol. The van der Waals surface area contributed by atoms with Crippen LogP contribution in [0.4, 0.5) is 0 Å². The monoisotopic (exact) mass is 269 g/mol. The van der Waals surface area contributed by atoms with Crippen molar-refractivity contribution in [1.29, 1.82) is 0 Å². The summed E-state index contributed by atoms with van der Waals surface area (Å²) >= 11 is 1.15. The van der Waals surface area contributed by atoms with Crippen molar-refractivity contribution in [2.75, 3.05) is 6.54 Å². The Hall–Kier alpha value is -1.01. The average molecular weight is 269 g/mol. The van der Waals surface area contributed by atoms with Crippen LogP contribution in [-0.2, 0) is 0 Å². The van der Waals surface area contributed by atoms with Gasteiger partial charge >= 0.3 is 0 Å². The van der Waals surface area contributed by atoms with E-state index in [0.717, 1.165) is 43.1 Å². The summed E-state index contributed by atoms with van der Waals surface area (Å²) in [5, 5.41) is 18.4. The van der Waals surface area contributed by atoms with E-state index < -0.39 is 5.60 Å². The second kappa shape index (κ2) is 5.75. The topological polar surface area (TPSA) is 75.1 Å². The number of rotatable bonds is 4. The van der Waals surface area contributed by atoms with Crippen LogP contribution < -0.4 is 5.32 Å². The van der Waals surface area contributed by atoms with Crippen LogP contribution in [0, 0.1) is 5.92 Å². The summed E-state index contributed by atoms with van der Waals surface area (Å²) in [6.45, 7) is 2.49. The van der Waals surface area contributed by atoms with Gasteiger partial charge in [0.15, 0.2) is 5.69 Å². The van der Waals surface area contributed by atoms with Crippen LogP contribution in [0.3, 0.4) is 0 Å². The first-order valence-electron chi connectivity index (χ1n) is 6.40. The van der Waals surface area contributed by atoms with Gasteiger partial charge in [-0.15, -0.1) is 5.10 Å². The molecule has 1 aliphatic carbocycles. The van der Waals surface area contributed by atoms with Gasteiger partial charge in [-0.1, -0.05) is 17.8 Å². The van der Waals surface area contributed by atoms with E-state index in [2.05, 4.69) is 21.8 Å². The SMILES string of the molecule is CCC1CCC(O)(CNC(=O)c2csnn2)CC1. The minimum atomic E-state index is -0.745. The molecule has 2 rings (SSSR count). The molecule has 0 aliphatic heterocycles. The van der Waals surface area contributed by atoms with Crippen molar-refractivity contribution in [1.82, 2.24) is 14.9 Å². The fourth-order valence-electron chi connectivity index (χ4n) is 2.40. The summed E-state index contributed by atoms with van der Waals surface area (Å²) in [6, 6.07) is 0. The number of aromatic nitrogens is 2. The predicted molar refractivity (Wildman–Crippen MR) is 69.4 cm³/mol. The number of nitrogens with one attached hydrogen (secondary N) is 1. The van der Waals surface area contributed by atoms with Crippen LogP contribution >= 0.6 is 11.5 Å². The molecule has 100 valence electrons. The molecule has 0 bridgehead atoms. The lowest BCUT2D eigenvalue weighted by Crippen LogP contribution is -2.45. The highest BCUT2D eigenvalue weighted by Gasteiger charge is 2.33. The van der Waals surface area contributed by atoms with Crippen LogP contribution in [0.5, 0.6) is 0 Å². The third-order valence-electron chi connectivity index (χ3n) is 3.78. The molecule has 0 unspecified atom stereocenters. The molecule has 0 atom stereocenters. The zero-order chi connectivity index (χ0) is 13.0. The second-order valence-corrected chi connectivity index (χ2v) is 5.66. The van der Waals surface area contributed by atoms with E-state index in [4.69, 9.17) is 0 Å². The third-order valence-corrected chi connectivity index (χ3v) is 4.29. The standard InChI is InChI=1S/C12H19N3O2S/c1-2-9-3-5-12(17,6-4-9)8-13-11(16)10-7-18-15-14-10/h7,9,17H,2-6,8H2,1H3,(H,13,16). The highest BCUT2D eigenvalue weighted by Crippen LogP contribution is 2.33. The number of aliphatic hydroxyl groups is 1. The van der Waals surface area contributed by atoms with Crippen molar-refractivity contribution in [2.24, 2.45) is 5.92 Å². The van der Waals surface area contributed by atoms with E-state index >= 15 is 0 Å². The quantitative estimate of drug-likeness (QED) is 0.870. The van der Waals surface area contributed by atoms with Gasteiger partial charge in [-0.05, 0) is 43.1 Å². The molecule has 2 N–H and O–H groups in total. The molecule has 1 amide bonds. The lowest BCUT2D eigenvalue weighted by atomic mass is 9.78. The molecule has 1 aliphatic rings. The first kappa shape index (κ1) is 13.4. The lowest BCUT2D eigenvalue weighted by Gasteiger charge is -2.35. The number of carbonyl (C=O) groups is 1. The van der Waals surface area contributed by atoms with Crippen LogP contribution in [0.25, 0.3) is 0 Å². The Bertz CT molecular complexity index is 386. The Morgan fingerprint density at radius 2 is 2.33 bits per heavy atom. The van der Waals surface area contributed by atoms with Gasteiger partial charge in [-0.25, -0.2) is 0 Å². The Balaban J connectivity index is 1.81. The predicted octanol–water partition coefficient (Wildman–Crippen LogP) is 1.60. The lowest BCUT2D eigenvalue weighted by molar-refractivity contribution is -0.00790. The van der Waals surface area contributed by atoms with Crippen molar-refractivity contribution in [2.45, 2.75) is 44.6 Å². The number of nitrogens with zero attached hydrogens (tertiary/aromatic N) is 2. The van der Waals surface area contributed by atoms with Gasteiger partial charge < -0.3 is 10.4 Å². The van der Waals surface area contributed by atoms with Gasteiger partial charge in [0.05, 0.1) is 5.60 Å². The molecule has 0 radical (unpaired) electrons. The number of hydrogen-bond acceptors (Lipinski definition) is 5. The fourth-order valence-corrected chi connectivity index (χ4v) is 2.84. The van der Waals surface area contributed by atoms with Gasteiger partial charge in [0.1, 0.15) is 0 Å². The highest BCUT2D eigenvalue weighted by molar-refractivity contribution is 7.03. The molecule has 1 heterocycles. The summed E-state index contributed by atoms with van der Waals surface area (Å²) < 4.78 is 3.64. The molecule has 1 fully saturated rings. The molecule has 1 saturated carbocycles. The van der Waals surface area contributed by atoms with E-state index in [0.29, 0.717) is 12.2 Å². The van der Waals surface area contributed by atoms with Crippen molar-refractivity contribution in [3.8, 4) is 0 Å². The molecule has 0 spiro atoms. The van der Waals surface area contributed by atoms with Gasteiger partial charge in [0.2, 0.25) is 0 Å². The zero-order valence-corrected chi connectivity index (χ0v) is 11.4. The van der Waals surface area contributed by atoms with E-state index in [-0.39, 0.29) is 5.91 Å². The Morgan fingerprint density at radius 3 is 2.89 bits per heavy atom. The zero-order valence-electron chi connectivity index (χ0n) is 10.6. The number of amides is 1. The summed E-state index contributed by atoms with van der Waals surface area (Å²) in [6.07, 6.45) is 4.79. The minimum absolute atomic E-state index is 0.255. The van der Waals surface area contributed by atoms with Crippen LogP contribution in [-0.4, -0.2) is 32.7 Å². The Kier molecular flexibility index (Phi) is 4.29. The van der Waals surface area contributed by atoms with Gasteiger partial charge in [0, 0.05) is 11.9 Å². The van der Waals surface area contributed by atoms with Gasteiger partial charge in [-0.2, -0.15) is 0 Å². The fraction of sp³-hybridized carbons (Fsp3) is 0.750. The maximum absolute atomic E-state index is 11.7. The first-order valence-corrected chi connectivity index (χ1v) is 7.24. The second-order valence-electron chi connectivity index (χ2n) is 5.05. The van der Waals surface area contributed by atoms with Crippen molar-refractivity contribution in [3.05, 3.63) is 11.1 Å². The van der Waals surface area contributed by atoms with E-state index in [1.165, 1.54) is 6.42 Å². The normalized spacial score (nSPS) is 28.0. The van der Waals surface area contributed by atoms with Crippen LogP contribution in [0.15, 0.2) is 5.38 Å². The number of hydrogen-bond donors (Lipinski definition) is 2. The molecule has 18 heavy (non-hydrogen) atoms. The van der Waals surface area contributed by atoms with Gasteiger partial charge in [0.25, 0.3) is 5.91 Å². The maximum atomic E-state index is 11.7. The van der Waals surface area contributed by atoms with E-state index in [1.807, 2.05) is 0 Å². The van der Waals surface area contributed by atoms with E-state index in [1.54, 1.807) is 5.38 Å². The summed E-state index contributed by atoms with van der Waals surface area (Å²) in [5.74, 6) is 0.471. The van der Waals surface area contributed by atoms with Crippen molar-refractivity contribution >= 4 is 17.4 Å². The van der Waals surface area contributed by atoms with Crippen LogP contribution in [0.1, 0.15) is 49.5 Å². The molecule has 5 nitrogen and oxygen atoms in total. The van der Waals surface area contributed by atoms with Crippen molar-refractivity contribution in [3.63, 3.8) is 0 Å². The maximum Gasteiger partial charge on any atom is 0.272 e. The summed E-state index contributed by atoms with van der Waals surface area (Å²) in [4.78, 5) is 11.7. The summed E-state index contributed by atoms with van der Waals surface area (Å²) in [7, 11) is 0. The average Bonchev–Trinajstić information content (AvgIpc) is 2.91. The van der Waals surface area contributed by atoms with E-state index in [9.17, 15) is 9.90 Å². The van der Waals surface area contributed by atoms with Crippen molar-refractivity contribution < 1.29 is 9.90 Å². The summed E-state index contributed by atoms with van der Waals surface area (Å²) in [5.41, 5.74) is -0.420. The Labute approximate surface area is 111 Å². The number of carbonyl (C=O) groups excluding carboxylic acids is 1. The van der Waals surface area contributed by atoms with Crippen LogP contribution in [0.2, 0.25) is 0 Å². The first-order chi connectivity index (χ1) is 8.63. The highest BCUT2D eigenvalue weighted by atomic mass is 32.1. The third kappa shape index (κ3) is 3.26. The minimum Gasteiger partial charge on any atom is -0.388 e.